The number of carbonyl (C=O) groups excluding carboxylic acids is 1. The van der Waals surface area contributed by atoms with Gasteiger partial charge in [-0.1, -0.05) is 6.07 Å². The zero-order valence-electron chi connectivity index (χ0n) is 15.2. The summed E-state index contributed by atoms with van der Waals surface area (Å²) in [6, 6.07) is 4.79. The predicted molar refractivity (Wildman–Crippen MR) is 98.1 cm³/mol. The molecule has 28 heavy (non-hydrogen) atoms. The third-order valence-corrected chi connectivity index (χ3v) is 4.64. The quantitative estimate of drug-likeness (QED) is 0.768. The minimum absolute atomic E-state index is 0.160. The fourth-order valence-corrected chi connectivity index (χ4v) is 3.14. The largest absolute Gasteiger partial charge is 0.469 e. The van der Waals surface area contributed by atoms with Crippen LogP contribution >= 0.6 is 0 Å². The number of nitrogens with two attached hydrogens (primary N) is 1. The molecule has 7 nitrogen and oxygen atoms in total. The molecule has 0 unspecified atom stereocenters. The first-order valence-electron chi connectivity index (χ1n) is 8.67. The first kappa shape index (κ1) is 19.7. The Kier molecular flexibility index (Phi) is 5.57. The third-order valence-electron chi connectivity index (χ3n) is 4.64. The Morgan fingerprint density at radius 3 is 2.64 bits per heavy atom. The van der Waals surface area contributed by atoms with E-state index in [0.717, 1.165) is 12.1 Å². The van der Waals surface area contributed by atoms with Gasteiger partial charge in [0.2, 0.25) is 0 Å². The van der Waals surface area contributed by atoms with Gasteiger partial charge in [-0.3, -0.25) is 4.79 Å². The first-order chi connectivity index (χ1) is 13.3. The number of benzene rings is 1. The van der Waals surface area contributed by atoms with Crippen LogP contribution in [0.3, 0.4) is 0 Å². The van der Waals surface area contributed by atoms with Crippen molar-refractivity contribution in [2.24, 2.45) is 5.92 Å². The number of nitrogen functional groups attached to an aromatic ring is 1. The van der Waals surface area contributed by atoms with Crippen molar-refractivity contribution in [1.29, 1.82) is 0 Å². The van der Waals surface area contributed by atoms with Crippen molar-refractivity contribution in [3.8, 4) is 0 Å². The number of rotatable bonds is 4. The van der Waals surface area contributed by atoms with Gasteiger partial charge < -0.3 is 20.7 Å². The second kappa shape index (κ2) is 7.91. The monoisotopic (exact) mass is 395 g/mol. The summed E-state index contributed by atoms with van der Waals surface area (Å²) in [6.07, 6.45) is -1.93. The molecule has 1 aliphatic heterocycles. The van der Waals surface area contributed by atoms with Crippen LogP contribution in [-0.4, -0.2) is 36.1 Å². The molecule has 3 N–H and O–H groups in total. The number of methoxy groups -OCH3 is 1. The van der Waals surface area contributed by atoms with E-state index >= 15 is 0 Å². The van der Waals surface area contributed by atoms with Crippen LogP contribution in [0.25, 0.3) is 0 Å². The molecule has 3 rings (SSSR count). The Balaban J connectivity index is 1.76. The molecule has 0 bridgehead atoms. The number of nitrogens with zero attached hydrogens (tertiary/aromatic N) is 3. The molecule has 0 atom stereocenters. The first-order valence-corrected chi connectivity index (χ1v) is 8.67. The van der Waals surface area contributed by atoms with Gasteiger partial charge in [0.25, 0.3) is 0 Å². The van der Waals surface area contributed by atoms with Gasteiger partial charge in [0.05, 0.1) is 18.6 Å². The number of anilines is 4. The molecule has 0 radical (unpaired) electrons. The summed E-state index contributed by atoms with van der Waals surface area (Å²) >= 11 is 0. The zero-order chi connectivity index (χ0) is 20.3. The Bertz CT molecular complexity index is 851. The highest BCUT2D eigenvalue weighted by molar-refractivity contribution is 5.79. The van der Waals surface area contributed by atoms with E-state index in [9.17, 15) is 18.0 Å². The molecular formula is C18H20F3N5O2. The van der Waals surface area contributed by atoms with E-state index in [1.165, 1.54) is 25.6 Å². The van der Waals surface area contributed by atoms with E-state index in [0.29, 0.717) is 31.7 Å². The zero-order valence-corrected chi connectivity index (χ0v) is 15.2. The Labute approximate surface area is 159 Å². The summed E-state index contributed by atoms with van der Waals surface area (Å²) in [6.45, 7) is 1.12. The Morgan fingerprint density at radius 2 is 2.00 bits per heavy atom. The Hall–Kier alpha value is -3.04. The van der Waals surface area contributed by atoms with E-state index in [-0.39, 0.29) is 29.1 Å². The lowest BCUT2D eigenvalue weighted by Crippen LogP contribution is -2.37. The molecule has 0 aliphatic carbocycles. The van der Waals surface area contributed by atoms with Gasteiger partial charge in [0, 0.05) is 18.8 Å². The molecule has 1 fully saturated rings. The predicted octanol–water partition coefficient (Wildman–Crippen LogP) is 3.21. The molecule has 0 spiro atoms. The molecule has 1 aliphatic rings. The van der Waals surface area contributed by atoms with Crippen molar-refractivity contribution in [2.45, 2.75) is 19.0 Å². The van der Waals surface area contributed by atoms with Crippen LogP contribution < -0.4 is 16.0 Å². The number of esters is 1. The average molecular weight is 395 g/mol. The molecule has 1 saturated heterocycles. The number of hydrogen-bond donors (Lipinski definition) is 2. The fraction of sp³-hybridized carbons (Fsp3) is 0.389. The van der Waals surface area contributed by atoms with Crippen molar-refractivity contribution >= 4 is 29.0 Å². The number of alkyl halides is 3. The van der Waals surface area contributed by atoms with Crippen molar-refractivity contribution in [1.82, 2.24) is 9.97 Å². The second-order valence-electron chi connectivity index (χ2n) is 6.45. The smallest absolute Gasteiger partial charge is 0.416 e. The molecule has 0 amide bonds. The number of ether oxygens (including phenoxy) is 1. The molecule has 150 valence electrons. The summed E-state index contributed by atoms with van der Waals surface area (Å²) in [4.78, 5) is 21.8. The SMILES string of the molecule is COC(=O)C1CCN(c2ncnc(Nc3cccc(C(F)(F)F)c3)c2N)CC1. The van der Waals surface area contributed by atoms with Crippen molar-refractivity contribution in [3.63, 3.8) is 0 Å². The van der Waals surface area contributed by atoms with Crippen LogP contribution in [0.15, 0.2) is 30.6 Å². The lowest BCUT2D eigenvalue weighted by Gasteiger charge is -2.32. The maximum atomic E-state index is 12.9. The van der Waals surface area contributed by atoms with Gasteiger partial charge in [0.15, 0.2) is 11.6 Å². The maximum absolute atomic E-state index is 12.9. The molecule has 2 heterocycles. The molecular weight excluding hydrogens is 375 g/mol. The number of carbonyl (C=O) groups is 1. The van der Waals surface area contributed by atoms with Crippen molar-refractivity contribution in [3.05, 3.63) is 36.2 Å². The lowest BCUT2D eigenvalue weighted by molar-refractivity contribution is -0.146. The molecule has 10 heteroatoms. The third kappa shape index (κ3) is 4.26. The number of nitrogens with one attached hydrogen (secondary N) is 1. The normalized spacial score (nSPS) is 15.4. The van der Waals surface area contributed by atoms with Gasteiger partial charge in [-0.15, -0.1) is 0 Å². The minimum Gasteiger partial charge on any atom is -0.469 e. The van der Waals surface area contributed by atoms with Crippen molar-refractivity contribution < 1.29 is 22.7 Å². The van der Waals surface area contributed by atoms with Gasteiger partial charge >= 0.3 is 12.1 Å². The number of aromatic nitrogens is 2. The van der Waals surface area contributed by atoms with Crippen LogP contribution in [0.4, 0.5) is 36.2 Å². The van der Waals surface area contributed by atoms with Crippen LogP contribution in [0.5, 0.6) is 0 Å². The standard InChI is InChI=1S/C18H20F3N5O2/c1-28-17(27)11-5-7-26(8-6-11)16-14(22)15(23-10-24-16)25-13-4-2-3-12(9-13)18(19,20)21/h2-4,9-11H,5-8,22H2,1H3,(H,23,24,25). The van der Waals surface area contributed by atoms with Crippen LogP contribution in [0, 0.1) is 5.92 Å². The fourth-order valence-electron chi connectivity index (χ4n) is 3.14. The van der Waals surface area contributed by atoms with Gasteiger partial charge in [-0.25, -0.2) is 9.97 Å². The van der Waals surface area contributed by atoms with Crippen LogP contribution in [0.1, 0.15) is 18.4 Å². The van der Waals surface area contributed by atoms with Crippen molar-refractivity contribution in [2.75, 3.05) is 36.1 Å². The maximum Gasteiger partial charge on any atom is 0.416 e. The highest BCUT2D eigenvalue weighted by Gasteiger charge is 2.31. The summed E-state index contributed by atoms with van der Waals surface area (Å²) in [5.74, 6) is 0.307. The summed E-state index contributed by atoms with van der Waals surface area (Å²) in [7, 11) is 1.36. The van der Waals surface area contributed by atoms with E-state index in [4.69, 9.17) is 10.5 Å². The van der Waals surface area contributed by atoms with E-state index in [1.54, 1.807) is 0 Å². The van der Waals surface area contributed by atoms with Crippen LogP contribution in [0.2, 0.25) is 0 Å². The molecule has 1 aromatic heterocycles. The summed E-state index contributed by atoms with van der Waals surface area (Å²) in [5.41, 5.74) is 5.85. The Morgan fingerprint density at radius 1 is 1.29 bits per heavy atom. The van der Waals surface area contributed by atoms with Gasteiger partial charge in [-0.05, 0) is 31.0 Å². The number of halogens is 3. The molecule has 1 aromatic carbocycles. The minimum atomic E-state index is -4.44. The number of piperidine rings is 1. The summed E-state index contributed by atoms with van der Waals surface area (Å²) < 4.78 is 43.4. The van der Waals surface area contributed by atoms with E-state index in [1.807, 2.05) is 4.90 Å². The average Bonchev–Trinajstić information content (AvgIpc) is 2.69. The highest BCUT2D eigenvalue weighted by Crippen LogP contribution is 2.34. The summed E-state index contributed by atoms with van der Waals surface area (Å²) in [5, 5.41) is 2.82. The molecule has 0 saturated carbocycles. The van der Waals surface area contributed by atoms with E-state index in [2.05, 4.69) is 15.3 Å². The highest BCUT2D eigenvalue weighted by atomic mass is 19.4. The molecule has 2 aromatic rings. The van der Waals surface area contributed by atoms with Gasteiger partial charge in [0.1, 0.15) is 12.0 Å². The van der Waals surface area contributed by atoms with E-state index < -0.39 is 11.7 Å². The van der Waals surface area contributed by atoms with Gasteiger partial charge in [-0.2, -0.15) is 13.2 Å². The second-order valence-corrected chi connectivity index (χ2v) is 6.45. The number of hydrogen-bond acceptors (Lipinski definition) is 7. The lowest BCUT2D eigenvalue weighted by atomic mass is 9.97. The van der Waals surface area contributed by atoms with Crippen LogP contribution in [-0.2, 0) is 15.7 Å². The topological polar surface area (TPSA) is 93.4 Å².